The Kier molecular flexibility index (Phi) is 6.06. The Morgan fingerprint density at radius 1 is 1.02 bits per heavy atom. The van der Waals surface area contributed by atoms with Crippen LogP contribution >= 0.6 is 11.5 Å². The van der Waals surface area contributed by atoms with Gasteiger partial charge in [0.15, 0.2) is 6.04 Å². The molecule has 4 aliphatic carbocycles. The number of rotatable bonds is 8. The first-order valence-corrected chi connectivity index (χ1v) is 14.6. The molecule has 1 aromatic carbocycles. The van der Waals surface area contributed by atoms with Crippen molar-refractivity contribution in [3.8, 4) is 0 Å². The topological polar surface area (TPSA) is 126 Å². The second-order valence-corrected chi connectivity index (χ2v) is 12.4. The highest BCUT2D eigenvalue weighted by atomic mass is 32.1. The maximum atomic E-state index is 14.2. The van der Waals surface area contributed by atoms with Gasteiger partial charge in [0.05, 0.1) is 23.9 Å². The molecule has 11 heteroatoms. The molecule has 0 unspecified atom stereocenters. The summed E-state index contributed by atoms with van der Waals surface area (Å²) < 4.78 is 9.53. The summed E-state index contributed by atoms with van der Waals surface area (Å²) in [6.45, 7) is -0.544. The van der Waals surface area contributed by atoms with E-state index in [4.69, 9.17) is 4.42 Å². The SMILES string of the molecule is O=C(NC12CC3CC(CC(C3)C1)C2)[C@H](c1csnn1)N(Cc1ccco1)C(=O)CN1C(=O)c2ccccc2C1=O. The van der Waals surface area contributed by atoms with E-state index in [1.54, 1.807) is 41.8 Å². The minimum Gasteiger partial charge on any atom is -0.467 e. The zero-order valence-corrected chi connectivity index (χ0v) is 22.6. The van der Waals surface area contributed by atoms with E-state index in [-0.39, 0.29) is 29.1 Å². The largest absolute Gasteiger partial charge is 0.467 e. The number of hydrogen-bond donors (Lipinski definition) is 1. The standard InChI is InChI=1S/C29H29N5O5S/c35-24(15-34-27(37)21-5-1-2-6-22(21)28(34)38)33(14-20-4-3-7-39-20)25(23-16-40-32-31-23)26(36)30-29-11-17-8-18(12-29)10-19(9-17)13-29/h1-7,16-19,25H,8-15H2,(H,30,36)/t17?,18?,19?,25-,29?/m0/s1. The number of nitrogens with one attached hydrogen (secondary N) is 1. The number of hydrogen-bond acceptors (Lipinski definition) is 8. The fraction of sp³-hybridized carbons (Fsp3) is 0.448. The predicted octanol–water partition coefficient (Wildman–Crippen LogP) is 3.58. The van der Waals surface area contributed by atoms with Gasteiger partial charge >= 0.3 is 0 Å². The molecule has 4 bridgehead atoms. The number of carbonyl (C=O) groups is 4. The molecular formula is C29H29N5O5S. The average molecular weight is 560 g/mol. The van der Waals surface area contributed by atoms with Gasteiger partial charge in [-0.25, -0.2) is 0 Å². The summed E-state index contributed by atoms with van der Waals surface area (Å²) in [5, 5.41) is 9.23. The number of amides is 4. The summed E-state index contributed by atoms with van der Waals surface area (Å²) in [6, 6.07) is 8.83. The van der Waals surface area contributed by atoms with Crippen LogP contribution in [0.4, 0.5) is 0 Å². The van der Waals surface area contributed by atoms with E-state index in [1.165, 1.54) is 30.4 Å². The molecule has 2 aromatic heterocycles. The highest BCUT2D eigenvalue weighted by Gasteiger charge is 2.52. The minimum atomic E-state index is -1.10. The Labute approximate surface area is 234 Å². The van der Waals surface area contributed by atoms with Gasteiger partial charge in [-0.15, -0.1) is 5.10 Å². The summed E-state index contributed by atoms with van der Waals surface area (Å²) in [4.78, 5) is 56.6. The third kappa shape index (κ3) is 4.32. The quantitative estimate of drug-likeness (QED) is 0.418. The van der Waals surface area contributed by atoms with Gasteiger partial charge in [-0.05, 0) is 92.1 Å². The minimum absolute atomic E-state index is 0.0362. The van der Waals surface area contributed by atoms with Crippen LogP contribution in [0.15, 0.2) is 52.5 Å². The second kappa shape index (κ2) is 9.65. The van der Waals surface area contributed by atoms with Crippen LogP contribution in [0.1, 0.15) is 76.7 Å². The van der Waals surface area contributed by atoms with Gasteiger partial charge < -0.3 is 14.6 Å². The van der Waals surface area contributed by atoms with Crippen LogP contribution in [0.3, 0.4) is 0 Å². The van der Waals surface area contributed by atoms with Crippen LogP contribution in [0.5, 0.6) is 0 Å². The van der Waals surface area contributed by atoms with Gasteiger partial charge in [-0.3, -0.25) is 24.1 Å². The van der Waals surface area contributed by atoms with Crippen molar-refractivity contribution in [2.45, 2.75) is 56.7 Å². The van der Waals surface area contributed by atoms with Crippen molar-refractivity contribution in [1.29, 1.82) is 0 Å². The van der Waals surface area contributed by atoms with Gasteiger partial charge in [0.1, 0.15) is 18.0 Å². The van der Waals surface area contributed by atoms with Crippen molar-refractivity contribution in [2.75, 3.05) is 6.54 Å². The molecule has 0 saturated heterocycles. The molecule has 10 nitrogen and oxygen atoms in total. The van der Waals surface area contributed by atoms with Crippen LogP contribution in [-0.4, -0.2) is 55.1 Å². The van der Waals surface area contributed by atoms with Crippen LogP contribution in [0.25, 0.3) is 0 Å². The molecule has 8 rings (SSSR count). The Hall–Kier alpha value is -3.86. The Balaban J connectivity index is 1.20. The molecule has 4 saturated carbocycles. The van der Waals surface area contributed by atoms with Gasteiger partial charge in [0.25, 0.3) is 11.8 Å². The van der Waals surface area contributed by atoms with Crippen LogP contribution in [-0.2, 0) is 16.1 Å². The van der Waals surface area contributed by atoms with Gasteiger partial charge in [0.2, 0.25) is 11.8 Å². The van der Waals surface area contributed by atoms with Gasteiger partial charge in [-0.1, -0.05) is 16.6 Å². The normalized spacial score (nSPS) is 27.1. The first kappa shape index (κ1) is 25.1. The van der Waals surface area contributed by atoms with Gasteiger partial charge in [0, 0.05) is 10.9 Å². The van der Waals surface area contributed by atoms with E-state index in [9.17, 15) is 19.2 Å². The van der Waals surface area contributed by atoms with Crippen molar-refractivity contribution in [2.24, 2.45) is 17.8 Å². The first-order chi connectivity index (χ1) is 19.4. The van der Waals surface area contributed by atoms with E-state index in [0.717, 1.165) is 35.7 Å². The van der Waals surface area contributed by atoms with Crippen molar-refractivity contribution >= 4 is 35.2 Å². The molecule has 0 spiro atoms. The summed E-state index contributed by atoms with van der Waals surface area (Å²) in [6.07, 6.45) is 8.06. The highest BCUT2D eigenvalue weighted by molar-refractivity contribution is 7.03. The summed E-state index contributed by atoms with van der Waals surface area (Å²) in [7, 11) is 0. The van der Waals surface area contributed by atoms with Gasteiger partial charge in [-0.2, -0.15) is 0 Å². The van der Waals surface area contributed by atoms with Crippen molar-refractivity contribution in [3.05, 3.63) is 70.6 Å². The number of fused-ring (bicyclic) bond motifs is 1. The zero-order chi connectivity index (χ0) is 27.4. The molecular weight excluding hydrogens is 530 g/mol. The van der Waals surface area contributed by atoms with E-state index in [2.05, 4.69) is 14.9 Å². The first-order valence-electron chi connectivity index (χ1n) is 13.8. The molecule has 1 aliphatic heterocycles. The zero-order valence-electron chi connectivity index (χ0n) is 21.8. The third-order valence-corrected chi connectivity index (χ3v) is 9.56. The Morgan fingerprint density at radius 2 is 1.68 bits per heavy atom. The maximum Gasteiger partial charge on any atom is 0.262 e. The lowest BCUT2D eigenvalue weighted by molar-refractivity contribution is -0.144. The van der Waals surface area contributed by atoms with Crippen molar-refractivity contribution in [3.63, 3.8) is 0 Å². The number of furan rings is 1. The summed E-state index contributed by atoms with van der Waals surface area (Å²) in [5.74, 6) is 0.392. The molecule has 1 atom stereocenters. The van der Waals surface area contributed by atoms with Crippen molar-refractivity contribution < 1.29 is 23.6 Å². The highest BCUT2D eigenvalue weighted by Crippen LogP contribution is 2.55. The molecule has 3 heterocycles. The maximum absolute atomic E-state index is 14.2. The molecule has 1 N–H and O–H groups in total. The number of carbonyl (C=O) groups excluding carboxylic acids is 4. The van der Waals surface area contributed by atoms with Crippen molar-refractivity contribution in [1.82, 2.24) is 24.7 Å². The Morgan fingerprint density at radius 3 is 2.23 bits per heavy atom. The molecule has 0 radical (unpaired) electrons. The number of imide groups is 1. The smallest absolute Gasteiger partial charge is 0.262 e. The molecule has 40 heavy (non-hydrogen) atoms. The van der Waals surface area contributed by atoms with E-state index in [1.807, 2.05) is 0 Å². The number of benzene rings is 1. The van der Waals surface area contributed by atoms with Crippen LogP contribution < -0.4 is 5.32 Å². The monoisotopic (exact) mass is 559 g/mol. The lowest BCUT2D eigenvalue weighted by Crippen LogP contribution is -2.61. The number of nitrogens with zero attached hydrogens (tertiary/aromatic N) is 4. The third-order valence-electron chi connectivity index (χ3n) is 9.04. The molecule has 4 fully saturated rings. The van der Waals surface area contributed by atoms with Crippen LogP contribution in [0.2, 0.25) is 0 Å². The number of aromatic nitrogens is 2. The summed E-state index contributed by atoms with van der Waals surface area (Å²) >= 11 is 1.10. The van der Waals surface area contributed by atoms with Crippen LogP contribution in [0, 0.1) is 17.8 Å². The van der Waals surface area contributed by atoms with E-state index < -0.39 is 30.3 Å². The molecule has 4 amide bonds. The molecule has 206 valence electrons. The lowest BCUT2D eigenvalue weighted by atomic mass is 9.53. The predicted molar refractivity (Wildman–Crippen MR) is 143 cm³/mol. The lowest BCUT2D eigenvalue weighted by Gasteiger charge is -2.57. The Bertz CT molecular complexity index is 1400. The summed E-state index contributed by atoms with van der Waals surface area (Å²) in [5.41, 5.74) is 0.583. The second-order valence-electron chi connectivity index (χ2n) is 11.8. The van der Waals surface area contributed by atoms with E-state index in [0.29, 0.717) is 29.2 Å². The molecule has 3 aromatic rings. The fourth-order valence-corrected chi connectivity index (χ4v) is 8.30. The average Bonchev–Trinajstić information content (AvgIpc) is 3.68. The molecule has 5 aliphatic rings. The van der Waals surface area contributed by atoms with E-state index >= 15 is 0 Å². The fourth-order valence-electron chi connectivity index (χ4n) is 7.82.